The number of benzene rings is 1. The third kappa shape index (κ3) is 2.66. The van der Waals surface area contributed by atoms with Crippen LogP contribution in [-0.2, 0) is 17.8 Å². The molecule has 0 bridgehead atoms. The standard InChI is InChI=1S/C20H19FN6O3/c1-3-27-17(15(21)11(2)25-27)18(28)24-19-23-13-4-12(6-22)5-14-16(13)26(19)7-20(10-30-14)8-29-9-20/h4-5H,3,7-10H2,1-2H3,(H,23,24,28). The first-order chi connectivity index (χ1) is 14.4. The van der Waals surface area contributed by atoms with Gasteiger partial charge in [0.25, 0.3) is 5.91 Å². The summed E-state index contributed by atoms with van der Waals surface area (Å²) in [6, 6.07) is 5.42. The topological polar surface area (TPSA) is 107 Å². The van der Waals surface area contributed by atoms with Crippen molar-refractivity contribution in [1.29, 1.82) is 5.26 Å². The zero-order valence-corrected chi connectivity index (χ0v) is 16.5. The molecule has 9 nitrogen and oxygen atoms in total. The van der Waals surface area contributed by atoms with Crippen molar-refractivity contribution in [1.82, 2.24) is 19.3 Å². The average Bonchev–Trinajstić information content (AvgIpc) is 3.11. The van der Waals surface area contributed by atoms with E-state index in [1.54, 1.807) is 19.1 Å². The number of nitrogens with one attached hydrogen (secondary N) is 1. The number of halogens is 1. The molecule has 2 aromatic heterocycles. The van der Waals surface area contributed by atoms with Gasteiger partial charge in [-0.05, 0) is 19.9 Å². The predicted molar refractivity (Wildman–Crippen MR) is 104 cm³/mol. The molecule has 0 aliphatic carbocycles. The molecule has 0 unspecified atom stereocenters. The van der Waals surface area contributed by atoms with E-state index in [1.807, 2.05) is 4.57 Å². The summed E-state index contributed by atoms with van der Waals surface area (Å²) in [6.07, 6.45) is 0. The number of ether oxygens (including phenoxy) is 2. The molecule has 154 valence electrons. The van der Waals surface area contributed by atoms with E-state index in [2.05, 4.69) is 21.5 Å². The minimum absolute atomic E-state index is 0.139. The molecule has 0 saturated carbocycles. The van der Waals surface area contributed by atoms with Gasteiger partial charge >= 0.3 is 0 Å². The Balaban J connectivity index is 1.61. The highest BCUT2D eigenvalue weighted by Gasteiger charge is 2.43. The molecule has 0 radical (unpaired) electrons. The number of hydrogen-bond acceptors (Lipinski definition) is 6. The summed E-state index contributed by atoms with van der Waals surface area (Å²) in [5.41, 5.74) is 1.40. The molecular formula is C20H19FN6O3. The van der Waals surface area contributed by atoms with Crippen molar-refractivity contribution in [2.24, 2.45) is 5.41 Å². The lowest BCUT2D eigenvalue weighted by Gasteiger charge is -2.40. The van der Waals surface area contributed by atoms with Crippen molar-refractivity contribution < 1.29 is 18.7 Å². The highest BCUT2D eigenvalue weighted by atomic mass is 19.1. The number of rotatable bonds is 3. The van der Waals surface area contributed by atoms with Crippen LogP contribution in [0.25, 0.3) is 11.0 Å². The fourth-order valence-electron chi connectivity index (χ4n) is 4.00. The molecule has 1 aromatic carbocycles. The van der Waals surface area contributed by atoms with Crippen LogP contribution in [0, 0.1) is 29.5 Å². The van der Waals surface area contributed by atoms with Gasteiger partial charge in [0.15, 0.2) is 11.5 Å². The summed E-state index contributed by atoms with van der Waals surface area (Å²) >= 11 is 0. The van der Waals surface area contributed by atoms with E-state index in [1.165, 1.54) is 11.6 Å². The monoisotopic (exact) mass is 410 g/mol. The Morgan fingerprint density at radius 2 is 2.20 bits per heavy atom. The van der Waals surface area contributed by atoms with Gasteiger partial charge in [-0.2, -0.15) is 10.4 Å². The first-order valence-electron chi connectivity index (χ1n) is 9.64. The van der Waals surface area contributed by atoms with E-state index in [0.29, 0.717) is 55.3 Å². The number of carbonyl (C=O) groups excluding carboxylic acids is 1. The van der Waals surface area contributed by atoms with Crippen LogP contribution >= 0.6 is 0 Å². The molecule has 0 atom stereocenters. The second-order valence-electron chi connectivity index (χ2n) is 7.77. The molecule has 1 saturated heterocycles. The van der Waals surface area contributed by atoms with Crippen molar-refractivity contribution in [2.45, 2.75) is 26.9 Å². The SMILES string of the molecule is CCn1nc(C)c(F)c1C(=O)Nc1nc2cc(C#N)cc3c2n1CC1(COC1)CO3. The number of nitrogens with zero attached hydrogens (tertiary/aromatic N) is 5. The number of carbonyl (C=O) groups is 1. The van der Waals surface area contributed by atoms with Gasteiger partial charge in [-0.3, -0.25) is 14.8 Å². The summed E-state index contributed by atoms with van der Waals surface area (Å²) in [7, 11) is 0. The first-order valence-corrected chi connectivity index (χ1v) is 9.64. The third-order valence-corrected chi connectivity index (χ3v) is 5.57. The molecule has 2 aliphatic rings. The quantitative estimate of drug-likeness (QED) is 0.710. The Bertz CT molecular complexity index is 1230. The van der Waals surface area contributed by atoms with Crippen molar-refractivity contribution >= 4 is 22.9 Å². The van der Waals surface area contributed by atoms with Gasteiger partial charge in [-0.25, -0.2) is 9.37 Å². The van der Waals surface area contributed by atoms with Crippen LogP contribution in [0.5, 0.6) is 5.75 Å². The predicted octanol–water partition coefficient (Wildman–Crippen LogP) is 2.23. The molecule has 4 heterocycles. The van der Waals surface area contributed by atoms with Crippen LogP contribution in [0.4, 0.5) is 10.3 Å². The second-order valence-corrected chi connectivity index (χ2v) is 7.77. The number of amides is 1. The van der Waals surface area contributed by atoms with Gasteiger partial charge in [0.2, 0.25) is 5.95 Å². The Kier molecular flexibility index (Phi) is 4.04. The third-order valence-electron chi connectivity index (χ3n) is 5.57. The molecular weight excluding hydrogens is 391 g/mol. The normalized spacial score (nSPS) is 16.6. The summed E-state index contributed by atoms with van der Waals surface area (Å²) in [6.45, 7) is 5.66. The van der Waals surface area contributed by atoms with Gasteiger partial charge < -0.3 is 14.0 Å². The van der Waals surface area contributed by atoms with Gasteiger partial charge in [0.1, 0.15) is 17.9 Å². The van der Waals surface area contributed by atoms with Crippen molar-refractivity contribution in [3.05, 3.63) is 34.9 Å². The lowest BCUT2D eigenvalue weighted by atomic mass is 9.87. The van der Waals surface area contributed by atoms with Crippen LogP contribution in [0.3, 0.4) is 0 Å². The lowest BCUT2D eigenvalue weighted by Crippen LogP contribution is -2.49. The number of aromatic nitrogens is 4. The molecule has 1 amide bonds. The smallest absolute Gasteiger partial charge is 0.279 e. The minimum Gasteiger partial charge on any atom is -0.490 e. The van der Waals surface area contributed by atoms with Gasteiger partial charge in [0, 0.05) is 19.2 Å². The molecule has 10 heteroatoms. The highest BCUT2D eigenvalue weighted by Crippen LogP contribution is 2.40. The van der Waals surface area contributed by atoms with Crippen LogP contribution in [0.1, 0.15) is 28.7 Å². The Morgan fingerprint density at radius 3 is 2.87 bits per heavy atom. The number of nitriles is 1. The fourth-order valence-corrected chi connectivity index (χ4v) is 4.00. The molecule has 1 spiro atoms. The number of anilines is 1. The average molecular weight is 410 g/mol. The van der Waals surface area contributed by atoms with Gasteiger partial charge in [-0.1, -0.05) is 0 Å². The molecule has 3 aromatic rings. The molecule has 30 heavy (non-hydrogen) atoms. The van der Waals surface area contributed by atoms with E-state index in [4.69, 9.17) is 9.47 Å². The van der Waals surface area contributed by atoms with E-state index >= 15 is 0 Å². The number of aryl methyl sites for hydroxylation is 2. The van der Waals surface area contributed by atoms with E-state index in [9.17, 15) is 14.4 Å². The maximum absolute atomic E-state index is 14.5. The first kappa shape index (κ1) is 18.6. The van der Waals surface area contributed by atoms with Gasteiger partial charge in [-0.15, -0.1) is 0 Å². The molecule has 1 N–H and O–H groups in total. The molecule has 1 fully saturated rings. The summed E-state index contributed by atoms with van der Waals surface area (Å²) in [5.74, 6) is -0.487. The summed E-state index contributed by atoms with van der Waals surface area (Å²) in [5, 5.41) is 16.2. The second kappa shape index (κ2) is 6.53. The van der Waals surface area contributed by atoms with Crippen molar-refractivity contribution in [2.75, 3.05) is 25.1 Å². The van der Waals surface area contributed by atoms with Crippen LogP contribution in [0.15, 0.2) is 12.1 Å². The molecule has 2 aliphatic heterocycles. The number of imidazole rings is 1. The largest absolute Gasteiger partial charge is 0.490 e. The Labute approximate surface area is 171 Å². The zero-order chi connectivity index (χ0) is 21.0. The van der Waals surface area contributed by atoms with Crippen LogP contribution in [0.2, 0.25) is 0 Å². The maximum atomic E-state index is 14.5. The van der Waals surface area contributed by atoms with Crippen LogP contribution in [-0.4, -0.2) is 45.1 Å². The molecule has 5 rings (SSSR count). The Morgan fingerprint density at radius 1 is 1.40 bits per heavy atom. The zero-order valence-electron chi connectivity index (χ0n) is 16.5. The van der Waals surface area contributed by atoms with E-state index < -0.39 is 11.7 Å². The summed E-state index contributed by atoms with van der Waals surface area (Å²) in [4.78, 5) is 17.5. The minimum atomic E-state index is -0.652. The van der Waals surface area contributed by atoms with E-state index in [0.717, 1.165) is 0 Å². The Hall–Kier alpha value is -3.45. The summed E-state index contributed by atoms with van der Waals surface area (Å²) < 4.78 is 29.1. The fraction of sp³-hybridized carbons (Fsp3) is 0.400. The number of hydrogen-bond donors (Lipinski definition) is 1. The van der Waals surface area contributed by atoms with Gasteiger partial charge in [0.05, 0.1) is 41.5 Å². The van der Waals surface area contributed by atoms with Crippen LogP contribution < -0.4 is 10.1 Å². The van der Waals surface area contributed by atoms with Crippen molar-refractivity contribution in [3.8, 4) is 11.8 Å². The maximum Gasteiger partial charge on any atom is 0.279 e. The lowest BCUT2D eigenvalue weighted by molar-refractivity contribution is -0.137. The highest BCUT2D eigenvalue weighted by molar-refractivity contribution is 6.03. The van der Waals surface area contributed by atoms with Crippen molar-refractivity contribution in [3.63, 3.8) is 0 Å². The van der Waals surface area contributed by atoms with E-state index in [-0.39, 0.29) is 22.8 Å².